The molecule has 0 aliphatic rings. The fraction of sp³-hybridized carbons (Fsp3) is 0.500. The van der Waals surface area contributed by atoms with Crippen LogP contribution in [0, 0.1) is 10.1 Å². The summed E-state index contributed by atoms with van der Waals surface area (Å²) < 4.78 is 40.5. The fourth-order valence-corrected chi connectivity index (χ4v) is 0. The maximum Gasteiger partial charge on any atom is 0.466 e. The molecule has 0 rings (SSSR count). The lowest BCUT2D eigenvalue weighted by Gasteiger charge is -1.82. The van der Waals surface area contributed by atoms with Gasteiger partial charge in [-0.3, -0.25) is 13.9 Å². The highest BCUT2D eigenvalue weighted by Crippen LogP contribution is 2.25. The van der Waals surface area contributed by atoms with Crippen molar-refractivity contribution in [2.75, 3.05) is 0 Å². The first-order valence-electron chi connectivity index (χ1n) is 2.97. The molecule has 0 bridgehead atoms. The number of aliphatic carboxylic acids is 1. The number of carboxylic acids is 1. The highest BCUT2D eigenvalue weighted by molar-refractivity contribution is 7.79. The zero-order valence-corrected chi connectivity index (χ0v) is 10.1. The lowest BCUT2D eigenvalue weighted by atomic mass is 10.9. The highest BCUT2D eigenvalue weighted by Gasteiger charge is 2.00. The van der Waals surface area contributed by atoms with Crippen LogP contribution >= 0.6 is 7.82 Å². The Labute approximate surface area is 99.0 Å². The molecule has 16 heteroatoms. The summed E-state index contributed by atoms with van der Waals surface area (Å²) in [7, 11) is -9.31. The second-order valence-corrected chi connectivity index (χ2v) is 3.64. The summed E-state index contributed by atoms with van der Waals surface area (Å²) in [6, 6.07) is 0. The molecule has 0 amide bonds. The van der Waals surface area contributed by atoms with E-state index in [1.807, 2.05) is 0 Å². The molecule has 14 nitrogen and oxygen atoms in total. The lowest BCUT2D eigenvalue weighted by molar-refractivity contribution is -0.742. The van der Waals surface area contributed by atoms with Gasteiger partial charge in [-0.1, -0.05) is 0 Å². The molecule has 0 aliphatic heterocycles. The summed E-state index contributed by atoms with van der Waals surface area (Å²) in [5.74, 6) is -0.833. The Morgan fingerprint density at radius 3 is 1.22 bits per heavy atom. The van der Waals surface area contributed by atoms with Crippen LogP contribution in [0.3, 0.4) is 0 Å². The molecule has 0 saturated heterocycles. The Bertz CT molecular complexity index is 328. The first kappa shape index (κ1) is 25.5. The highest BCUT2D eigenvalue weighted by atomic mass is 32.3. The first-order valence-corrected chi connectivity index (χ1v) is 5.94. The number of phosphoric acid groups is 1. The molecule has 0 aromatic carbocycles. The molecular weight excluding hydrogens is 309 g/mol. The Morgan fingerprint density at radius 2 is 1.22 bits per heavy atom. The molecule has 0 aromatic heterocycles. The molecular formula is C2H10NO13PS. The zero-order valence-electron chi connectivity index (χ0n) is 8.38. The van der Waals surface area contributed by atoms with E-state index in [4.69, 9.17) is 62.0 Å². The molecule has 0 fully saturated rings. The largest absolute Gasteiger partial charge is 0.481 e. The summed E-state index contributed by atoms with van der Waals surface area (Å²) >= 11 is 0. The summed E-state index contributed by atoms with van der Waals surface area (Å²) in [6.45, 7) is 1.08. The molecule has 7 N–H and O–H groups in total. The van der Waals surface area contributed by atoms with Crippen molar-refractivity contribution in [3.05, 3.63) is 10.1 Å². The summed E-state index contributed by atoms with van der Waals surface area (Å²) in [4.78, 5) is 38.9. The maximum atomic E-state index is 9.00. The standard InChI is InChI=1S/C2H4O2.HNO3.H3O4P.H2O4S/c1-2(3)4;2-1(3)4;2*1-5(2,3)4/h1H3,(H,3,4);(H,2,3,4);(H3,1,2,3,4);(H2,1,2,3,4). The van der Waals surface area contributed by atoms with Crippen molar-refractivity contribution in [3.8, 4) is 0 Å². The molecule has 0 spiro atoms. The van der Waals surface area contributed by atoms with Gasteiger partial charge in [-0.2, -0.15) is 8.42 Å². The van der Waals surface area contributed by atoms with Gasteiger partial charge in [0.1, 0.15) is 0 Å². The van der Waals surface area contributed by atoms with Crippen LogP contribution in [0.5, 0.6) is 0 Å². The predicted octanol–water partition coefficient (Wildman–Crippen LogP) is -1.84. The second kappa shape index (κ2) is 12.1. The van der Waals surface area contributed by atoms with Crippen molar-refractivity contribution in [2.24, 2.45) is 0 Å². The van der Waals surface area contributed by atoms with E-state index in [1.54, 1.807) is 0 Å². The van der Waals surface area contributed by atoms with E-state index in [9.17, 15) is 0 Å². The van der Waals surface area contributed by atoms with Gasteiger partial charge >= 0.3 is 18.2 Å². The van der Waals surface area contributed by atoms with Crippen molar-refractivity contribution >= 4 is 24.2 Å². The summed E-state index contributed by atoms with van der Waals surface area (Å²) in [5.41, 5.74) is 0. The molecule has 0 atom stereocenters. The van der Waals surface area contributed by atoms with Crippen LogP contribution in [0.4, 0.5) is 0 Å². The van der Waals surface area contributed by atoms with Gasteiger partial charge in [0.05, 0.1) is 0 Å². The molecule has 0 unspecified atom stereocenters. The van der Waals surface area contributed by atoms with Crippen LogP contribution in [-0.4, -0.2) is 53.6 Å². The van der Waals surface area contributed by atoms with Gasteiger partial charge in [0.25, 0.3) is 11.1 Å². The van der Waals surface area contributed by atoms with Gasteiger partial charge in [-0.05, 0) is 0 Å². The van der Waals surface area contributed by atoms with E-state index in [0.717, 1.165) is 6.92 Å². The minimum atomic E-state index is -4.67. The molecule has 0 saturated carbocycles. The maximum absolute atomic E-state index is 9.00. The average molecular weight is 319 g/mol. The molecule has 0 aromatic rings. The molecule has 0 heterocycles. The Morgan fingerprint density at radius 1 is 1.22 bits per heavy atom. The third kappa shape index (κ3) is 1500. The molecule has 18 heavy (non-hydrogen) atoms. The van der Waals surface area contributed by atoms with Crippen LogP contribution in [0.2, 0.25) is 0 Å². The van der Waals surface area contributed by atoms with Gasteiger partial charge in [0.15, 0.2) is 0 Å². The Kier molecular flexibility index (Phi) is 17.2. The predicted molar refractivity (Wildman–Crippen MR) is 50.5 cm³/mol. The summed E-state index contributed by atoms with van der Waals surface area (Å²) in [6.07, 6.45) is 0. The Hall–Kier alpha value is -1.35. The van der Waals surface area contributed by atoms with Crippen LogP contribution in [0.25, 0.3) is 0 Å². The van der Waals surface area contributed by atoms with E-state index in [0.29, 0.717) is 0 Å². The first-order chi connectivity index (χ1) is 7.46. The van der Waals surface area contributed by atoms with E-state index in [2.05, 4.69) is 0 Å². The number of hydrogen-bond donors (Lipinski definition) is 7. The zero-order chi connectivity index (χ0) is 16.2. The second-order valence-electron chi connectivity index (χ2n) is 1.72. The quantitative estimate of drug-likeness (QED) is 0.112. The third-order valence-electron chi connectivity index (χ3n) is 0. The van der Waals surface area contributed by atoms with Crippen molar-refractivity contribution < 1.29 is 57.0 Å². The van der Waals surface area contributed by atoms with Gasteiger partial charge < -0.3 is 25.0 Å². The minimum absolute atomic E-state index is 0.833. The van der Waals surface area contributed by atoms with E-state index < -0.39 is 29.3 Å². The molecule has 112 valence electrons. The number of hydrogen-bond acceptors (Lipinski definition) is 6. The van der Waals surface area contributed by atoms with Crippen molar-refractivity contribution in [3.63, 3.8) is 0 Å². The van der Waals surface area contributed by atoms with Crippen LogP contribution < -0.4 is 0 Å². The average Bonchev–Trinajstić information content (AvgIpc) is 1.70. The summed E-state index contributed by atoms with van der Waals surface area (Å²) in [5, 5.41) is 21.1. The normalized spacial score (nSPS) is 9.22. The van der Waals surface area contributed by atoms with Crippen molar-refractivity contribution in [1.29, 1.82) is 0 Å². The lowest BCUT2D eigenvalue weighted by Crippen LogP contribution is -1.89. The SMILES string of the molecule is CC(=O)O.O=P(O)(O)O.O=S(=O)(O)O.O=[N+]([O-])O. The van der Waals surface area contributed by atoms with Crippen LogP contribution in [0.1, 0.15) is 6.92 Å². The molecule has 0 aliphatic carbocycles. The number of carbonyl (C=O) groups is 1. The minimum Gasteiger partial charge on any atom is -0.481 e. The van der Waals surface area contributed by atoms with Gasteiger partial charge in [-0.25, -0.2) is 4.57 Å². The fourth-order valence-electron chi connectivity index (χ4n) is 0. The Balaban J connectivity index is -0.0000000731. The number of carboxylic acid groups (broad SMARTS) is 1. The topological polar surface area (TPSA) is 253 Å². The van der Waals surface area contributed by atoms with Gasteiger partial charge in [0.2, 0.25) is 0 Å². The smallest absolute Gasteiger partial charge is 0.466 e. The molecule has 0 radical (unpaired) electrons. The van der Waals surface area contributed by atoms with Crippen LogP contribution in [0.15, 0.2) is 0 Å². The van der Waals surface area contributed by atoms with Crippen LogP contribution in [-0.2, 0) is 19.8 Å². The van der Waals surface area contributed by atoms with E-state index in [1.165, 1.54) is 0 Å². The van der Waals surface area contributed by atoms with Crippen molar-refractivity contribution in [1.82, 2.24) is 0 Å². The third-order valence-corrected chi connectivity index (χ3v) is 0. The number of nitrogens with zero attached hydrogens (tertiary/aromatic N) is 1. The monoisotopic (exact) mass is 319 g/mol. The van der Waals surface area contributed by atoms with Gasteiger partial charge in [0, 0.05) is 6.92 Å². The number of rotatable bonds is 0. The van der Waals surface area contributed by atoms with Crippen molar-refractivity contribution in [2.45, 2.75) is 6.92 Å². The van der Waals surface area contributed by atoms with E-state index in [-0.39, 0.29) is 0 Å². The van der Waals surface area contributed by atoms with E-state index >= 15 is 0 Å². The van der Waals surface area contributed by atoms with Gasteiger partial charge in [-0.15, -0.1) is 10.1 Å².